The summed E-state index contributed by atoms with van der Waals surface area (Å²) in [6.45, 7) is 1.27. The number of aliphatic hydroxyl groups excluding tert-OH is 1. The molecule has 5 nitrogen and oxygen atoms in total. The molecule has 3 rings (SSSR count). The number of β-amino-alcohol motifs (C(OH)–C–C–N with tert-alkyl or cyclic N) is 1. The minimum Gasteiger partial charge on any atom is -0.497 e. The van der Waals surface area contributed by atoms with Crippen LogP contribution < -0.4 is 9.64 Å². The number of anilines is 1. The molecule has 1 aromatic heterocycles. The maximum Gasteiger partial charge on any atom is 0.164 e. The molecule has 0 bridgehead atoms. The monoisotopic (exact) mass is 289 g/mol. The van der Waals surface area contributed by atoms with Crippen LogP contribution in [0.15, 0.2) is 30.5 Å². The molecule has 1 fully saturated rings. The predicted octanol–water partition coefficient (Wildman–Crippen LogP) is 1.86. The van der Waals surface area contributed by atoms with Gasteiger partial charge in [-0.1, -0.05) is 0 Å². The smallest absolute Gasteiger partial charge is 0.164 e. The van der Waals surface area contributed by atoms with E-state index in [9.17, 15) is 9.50 Å². The topological polar surface area (TPSA) is 58.5 Å². The van der Waals surface area contributed by atoms with Crippen molar-refractivity contribution in [2.45, 2.75) is 12.5 Å². The molecule has 1 aliphatic rings. The molecule has 0 unspecified atom stereocenters. The molecule has 1 N–H and O–H groups in total. The van der Waals surface area contributed by atoms with Gasteiger partial charge in [-0.3, -0.25) is 0 Å². The molecule has 0 spiro atoms. The van der Waals surface area contributed by atoms with Crippen LogP contribution in [0, 0.1) is 5.82 Å². The van der Waals surface area contributed by atoms with Crippen LogP contribution in [0.5, 0.6) is 5.75 Å². The van der Waals surface area contributed by atoms with Gasteiger partial charge in [-0.05, 0) is 30.7 Å². The minimum absolute atomic E-state index is 0.302. The van der Waals surface area contributed by atoms with E-state index in [1.54, 1.807) is 24.4 Å². The summed E-state index contributed by atoms with van der Waals surface area (Å²) < 4.78 is 19.1. The summed E-state index contributed by atoms with van der Waals surface area (Å²) >= 11 is 0. The molecule has 0 aliphatic carbocycles. The number of ether oxygens (including phenoxy) is 1. The van der Waals surface area contributed by atoms with Crippen molar-refractivity contribution in [2.24, 2.45) is 0 Å². The van der Waals surface area contributed by atoms with Crippen molar-refractivity contribution in [2.75, 3.05) is 25.1 Å². The van der Waals surface area contributed by atoms with Gasteiger partial charge in [0.15, 0.2) is 5.82 Å². The lowest BCUT2D eigenvalue weighted by Crippen LogP contribution is -2.22. The summed E-state index contributed by atoms with van der Waals surface area (Å²) in [6.07, 6.45) is 1.98. The fourth-order valence-electron chi connectivity index (χ4n) is 2.41. The van der Waals surface area contributed by atoms with Crippen molar-refractivity contribution in [3.63, 3.8) is 0 Å². The maximum atomic E-state index is 14.0. The average Bonchev–Trinajstić information content (AvgIpc) is 2.94. The number of nitrogens with zero attached hydrogens (tertiary/aromatic N) is 3. The van der Waals surface area contributed by atoms with Crippen LogP contribution in [0.25, 0.3) is 11.4 Å². The maximum absolute atomic E-state index is 14.0. The molecule has 2 aromatic rings. The Hall–Kier alpha value is -2.21. The number of aromatic nitrogens is 2. The third kappa shape index (κ3) is 2.80. The van der Waals surface area contributed by atoms with Crippen LogP contribution >= 0.6 is 0 Å². The Labute approximate surface area is 122 Å². The molecule has 110 valence electrons. The van der Waals surface area contributed by atoms with Gasteiger partial charge in [0.1, 0.15) is 17.4 Å². The normalized spacial score (nSPS) is 18.0. The van der Waals surface area contributed by atoms with Crippen molar-refractivity contribution in [1.82, 2.24) is 9.97 Å². The van der Waals surface area contributed by atoms with E-state index in [2.05, 4.69) is 9.97 Å². The van der Waals surface area contributed by atoms with Gasteiger partial charge in [0.2, 0.25) is 0 Å². The van der Waals surface area contributed by atoms with Gasteiger partial charge < -0.3 is 14.7 Å². The van der Waals surface area contributed by atoms with E-state index in [-0.39, 0.29) is 6.10 Å². The molecule has 1 aromatic carbocycles. The fraction of sp³-hybridized carbons (Fsp3) is 0.333. The third-order valence-electron chi connectivity index (χ3n) is 3.54. The Kier molecular flexibility index (Phi) is 3.70. The number of methoxy groups -OCH3 is 1. The van der Waals surface area contributed by atoms with Gasteiger partial charge in [0.05, 0.1) is 18.8 Å². The van der Waals surface area contributed by atoms with E-state index in [1.807, 2.05) is 4.90 Å². The van der Waals surface area contributed by atoms with Gasteiger partial charge >= 0.3 is 0 Å². The van der Waals surface area contributed by atoms with Crippen LogP contribution in [-0.4, -0.2) is 41.4 Å². The van der Waals surface area contributed by atoms with Crippen LogP contribution in [-0.2, 0) is 0 Å². The van der Waals surface area contributed by atoms with Crippen LogP contribution in [0.3, 0.4) is 0 Å². The van der Waals surface area contributed by atoms with E-state index >= 15 is 0 Å². The summed E-state index contributed by atoms with van der Waals surface area (Å²) in [5.74, 6) is 1.16. The Morgan fingerprint density at radius 2 is 2.24 bits per heavy atom. The highest BCUT2D eigenvalue weighted by Gasteiger charge is 2.22. The Morgan fingerprint density at radius 1 is 1.38 bits per heavy atom. The standard InChI is InChI=1S/C15H16FN3O2/c1-21-11-2-3-13(16)12(8-11)15-17-6-4-14(18-15)19-7-5-10(20)9-19/h2-4,6,8,10,20H,5,7,9H2,1H3/t10-/m1/s1. The zero-order valence-electron chi connectivity index (χ0n) is 11.7. The highest BCUT2D eigenvalue weighted by Crippen LogP contribution is 2.26. The summed E-state index contributed by atoms with van der Waals surface area (Å²) in [6, 6.07) is 6.23. The molecule has 2 heterocycles. The zero-order valence-corrected chi connectivity index (χ0v) is 11.7. The highest BCUT2D eigenvalue weighted by molar-refractivity contribution is 5.60. The van der Waals surface area contributed by atoms with Gasteiger partial charge in [-0.15, -0.1) is 0 Å². The van der Waals surface area contributed by atoms with Gasteiger partial charge in [0, 0.05) is 19.3 Å². The third-order valence-corrected chi connectivity index (χ3v) is 3.54. The molecule has 6 heteroatoms. The average molecular weight is 289 g/mol. The first-order chi connectivity index (χ1) is 10.2. The second-order valence-electron chi connectivity index (χ2n) is 4.97. The molecule has 0 amide bonds. The van der Waals surface area contributed by atoms with Crippen molar-refractivity contribution in [3.05, 3.63) is 36.3 Å². The van der Waals surface area contributed by atoms with E-state index in [0.29, 0.717) is 35.9 Å². The van der Waals surface area contributed by atoms with E-state index < -0.39 is 5.82 Å². The van der Waals surface area contributed by atoms with E-state index in [1.165, 1.54) is 13.2 Å². The number of benzene rings is 1. The van der Waals surface area contributed by atoms with Crippen molar-refractivity contribution in [3.8, 4) is 17.1 Å². The SMILES string of the molecule is COc1ccc(F)c(-c2nccc(N3CC[C@@H](O)C3)n2)c1. The lowest BCUT2D eigenvalue weighted by atomic mass is 10.2. The first-order valence-corrected chi connectivity index (χ1v) is 6.77. The number of hydrogen-bond donors (Lipinski definition) is 1. The zero-order chi connectivity index (χ0) is 14.8. The van der Waals surface area contributed by atoms with Gasteiger partial charge in [-0.2, -0.15) is 0 Å². The molecule has 1 saturated heterocycles. The second kappa shape index (κ2) is 5.65. The lowest BCUT2D eigenvalue weighted by Gasteiger charge is -2.17. The molecule has 0 saturated carbocycles. The summed E-state index contributed by atoms with van der Waals surface area (Å²) in [5.41, 5.74) is 0.302. The number of aliphatic hydroxyl groups is 1. The van der Waals surface area contributed by atoms with Crippen LogP contribution in [0.4, 0.5) is 10.2 Å². The largest absolute Gasteiger partial charge is 0.497 e. The van der Waals surface area contributed by atoms with Crippen molar-refractivity contribution < 1.29 is 14.2 Å². The summed E-state index contributed by atoms with van der Waals surface area (Å²) in [7, 11) is 1.53. The Balaban J connectivity index is 1.96. The van der Waals surface area contributed by atoms with Gasteiger partial charge in [0.25, 0.3) is 0 Å². The highest BCUT2D eigenvalue weighted by atomic mass is 19.1. The van der Waals surface area contributed by atoms with E-state index in [4.69, 9.17) is 4.74 Å². The molecular weight excluding hydrogens is 273 g/mol. The lowest BCUT2D eigenvalue weighted by molar-refractivity contribution is 0.198. The molecule has 1 aliphatic heterocycles. The Bertz CT molecular complexity index is 651. The number of halogens is 1. The molecule has 1 atom stereocenters. The molecule has 21 heavy (non-hydrogen) atoms. The predicted molar refractivity (Wildman–Crippen MR) is 76.8 cm³/mol. The first kappa shape index (κ1) is 13.8. The number of hydrogen-bond acceptors (Lipinski definition) is 5. The molecule has 0 radical (unpaired) electrons. The van der Waals surface area contributed by atoms with Gasteiger partial charge in [-0.25, -0.2) is 14.4 Å². The molecular formula is C15H16FN3O2. The first-order valence-electron chi connectivity index (χ1n) is 6.77. The summed E-state index contributed by atoms with van der Waals surface area (Å²) in [5, 5.41) is 9.60. The van der Waals surface area contributed by atoms with Crippen LogP contribution in [0.2, 0.25) is 0 Å². The number of rotatable bonds is 3. The quantitative estimate of drug-likeness (QED) is 0.934. The minimum atomic E-state index is -0.394. The fourth-order valence-corrected chi connectivity index (χ4v) is 2.41. The Morgan fingerprint density at radius 3 is 2.95 bits per heavy atom. The second-order valence-corrected chi connectivity index (χ2v) is 4.97. The van der Waals surface area contributed by atoms with Crippen LogP contribution in [0.1, 0.15) is 6.42 Å². The summed E-state index contributed by atoms with van der Waals surface area (Å²) in [4.78, 5) is 10.5. The van der Waals surface area contributed by atoms with Crippen molar-refractivity contribution >= 4 is 5.82 Å². The van der Waals surface area contributed by atoms with E-state index in [0.717, 1.165) is 6.54 Å². The van der Waals surface area contributed by atoms with Crippen molar-refractivity contribution in [1.29, 1.82) is 0 Å².